The van der Waals surface area contributed by atoms with Crippen molar-refractivity contribution in [2.75, 3.05) is 13.1 Å². The van der Waals surface area contributed by atoms with E-state index < -0.39 is 6.04 Å². The van der Waals surface area contributed by atoms with E-state index in [1.807, 2.05) is 4.90 Å². The molecule has 1 heterocycles. The Kier molecular flexibility index (Phi) is 5.52. The van der Waals surface area contributed by atoms with Gasteiger partial charge in [-0.15, -0.1) is 0 Å². The number of hydrogen-bond acceptors (Lipinski definition) is 2. The summed E-state index contributed by atoms with van der Waals surface area (Å²) in [6.07, 6.45) is 2.37. The molecule has 1 atom stereocenters. The van der Waals surface area contributed by atoms with E-state index >= 15 is 0 Å². The molecule has 4 nitrogen and oxygen atoms in total. The zero-order valence-corrected chi connectivity index (χ0v) is 13.1. The molecule has 1 aromatic rings. The van der Waals surface area contributed by atoms with Crippen LogP contribution in [0.3, 0.4) is 0 Å². The standard InChI is InChI=1S/C17H23FN2O2/c1-12-7-9-20(10-8-12)17(22)16(19-13(2)21)11-14-3-5-15(18)6-4-14/h3-6,12,16H,7-11H2,1-2H3,(H,19,21)/t16-/m1/s1. The van der Waals surface area contributed by atoms with Crippen molar-refractivity contribution < 1.29 is 14.0 Å². The van der Waals surface area contributed by atoms with Gasteiger partial charge < -0.3 is 10.2 Å². The lowest BCUT2D eigenvalue weighted by Gasteiger charge is -2.33. The van der Waals surface area contributed by atoms with E-state index in [-0.39, 0.29) is 17.6 Å². The van der Waals surface area contributed by atoms with Crippen molar-refractivity contribution in [1.29, 1.82) is 0 Å². The third kappa shape index (κ3) is 4.55. The Morgan fingerprint density at radius 1 is 1.27 bits per heavy atom. The highest BCUT2D eigenvalue weighted by molar-refractivity contribution is 5.87. The van der Waals surface area contributed by atoms with E-state index in [0.29, 0.717) is 12.3 Å². The normalized spacial score (nSPS) is 17.1. The molecule has 0 bridgehead atoms. The van der Waals surface area contributed by atoms with E-state index in [0.717, 1.165) is 31.5 Å². The zero-order valence-electron chi connectivity index (χ0n) is 13.1. The molecular formula is C17H23FN2O2. The van der Waals surface area contributed by atoms with Crippen molar-refractivity contribution in [1.82, 2.24) is 10.2 Å². The molecule has 1 aromatic carbocycles. The Morgan fingerprint density at radius 3 is 2.41 bits per heavy atom. The first kappa shape index (κ1) is 16.5. The molecule has 0 spiro atoms. The predicted octanol–water partition coefficient (Wildman–Crippen LogP) is 2.13. The molecule has 0 aliphatic carbocycles. The summed E-state index contributed by atoms with van der Waals surface area (Å²) in [5.41, 5.74) is 0.832. The number of benzene rings is 1. The maximum atomic E-state index is 13.0. The molecule has 1 saturated heterocycles. The molecule has 5 heteroatoms. The van der Waals surface area contributed by atoms with Crippen molar-refractivity contribution in [3.63, 3.8) is 0 Å². The summed E-state index contributed by atoms with van der Waals surface area (Å²) < 4.78 is 13.0. The first-order valence-corrected chi connectivity index (χ1v) is 7.76. The fourth-order valence-electron chi connectivity index (χ4n) is 2.75. The topological polar surface area (TPSA) is 49.4 Å². The second-order valence-electron chi connectivity index (χ2n) is 6.09. The van der Waals surface area contributed by atoms with Gasteiger partial charge in [0.2, 0.25) is 11.8 Å². The van der Waals surface area contributed by atoms with Crippen molar-refractivity contribution in [3.8, 4) is 0 Å². The third-order valence-corrected chi connectivity index (χ3v) is 4.12. The minimum Gasteiger partial charge on any atom is -0.344 e. The fraction of sp³-hybridized carbons (Fsp3) is 0.529. The smallest absolute Gasteiger partial charge is 0.245 e. The number of piperidine rings is 1. The van der Waals surface area contributed by atoms with Crippen molar-refractivity contribution in [2.45, 2.75) is 39.2 Å². The molecule has 2 amide bonds. The minimum absolute atomic E-state index is 0.0496. The van der Waals surface area contributed by atoms with Crippen molar-refractivity contribution in [2.24, 2.45) is 5.92 Å². The van der Waals surface area contributed by atoms with Crippen LogP contribution in [-0.4, -0.2) is 35.8 Å². The van der Waals surface area contributed by atoms with E-state index in [9.17, 15) is 14.0 Å². The van der Waals surface area contributed by atoms with Crippen molar-refractivity contribution >= 4 is 11.8 Å². The summed E-state index contributed by atoms with van der Waals surface area (Å²) in [6.45, 7) is 5.06. The van der Waals surface area contributed by atoms with Gasteiger partial charge in [0.05, 0.1) is 0 Å². The van der Waals surface area contributed by atoms with Crippen LogP contribution in [-0.2, 0) is 16.0 Å². The number of carbonyl (C=O) groups excluding carboxylic acids is 2. The van der Waals surface area contributed by atoms with E-state index in [4.69, 9.17) is 0 Å². The maximum absolute atomic E-state index is 13.0. The molecule has 0 saturated carbocycles. The van der Waals surface area contributed by atoms with Gasteiger partial charge in [-0.1, -0.05) is 19.1 Å². The van der Waals surface area contributed by atoms with Crippen LogP contribution in [0.25, 0.3) is 0 Å². The highest BCUT2D eigenvalue weighted by Crippen LogP contribution is 2.17. The van der Waals surface area contributed by atoms with Crippen LogP contribution in [0.2, 0.25) is 0 Å². The van der Waals surface area contributed by atoms with Gasteiger partial charge in [0.1, 0.15) is 11.9 Å². The average molecular weight is 306 g/mol. The van der Waals surface area contributed by atoms with Gasteiger partial charge >= 0.3 is 0 Å². The van der Waals surface area contributed by atoms with E-state index in [1.54, 1.807) is 12.1 Å². The number of carbonyl (C=O) groups is 2. The molecule has 120 valence electrons. The molecule has 1 aliphatic heterocycles. The first-order valence-electron chi connectivity index (χ1n) is 7.76. The van der Waals surface area contributed by atoms with Gasteiger partial charge in [0.25, 0.3) is 0 Å². The number of halogens is 1. The van der Waals surface area contributed by atoms with Crippen LogP contribution in [0, 0.1) is 11.7 Å². The van der Waals surface area contributed by atoms with Gasteiger partial charge in [0.15, 0.2) is 0 Å². The van der Waals surface area contributed by atoms with E-state index in [1.165, 1.54) is 19.1 Å². The predicted molar refractivity (Wildman–Crippen MR) is 82.7 cm³/mol. The van der Waals surface area contributed by atoms with Gasteiger partial charge in [-0.3, -0.25) is 9.59 Å². The summed E-state index contributed by atoms with van der Waals surface area (Å²) in [4.78, 5) is 25.9. The lowest BCUT2D eigenvalue weighted by atomic mass is 9.97. The minimum atomic E-state index is -0.587. The highest BCUT2D eigenvalue weighted by atomic mass is 19.1. The molecular weight excluding hydrogens is 283 g/mol. The maximum Gasteiger partial charge on any atom is 0.245 e. The summed E-state index contributed by atoms with van der Waals surface area (Å²) in [5.74, 6) is 0.0498. The fourth-order valence-corrected chi connectivity index (χ4v) is 2.75. The Morgan fingerprint density at radius 2 is 1.86 bits per heavy atom. The summed E-state index contributed by atoms with van der Waals surface area (Å²) in [5, 5.41) is 2.73. The quantitative estimate of drug-likeness (QED) is 0.926. The Balaban J connectivity index is 2.06. The van der Waals surface area contributed by atoms with Crippen LogP contribution < -0.4 is 5.32 Å². The van der Waals surface area contributed by atoms with Gasteiger partial charge in [-0.05, 0) is 36.5 Å². The molecule has 22 heavy (non-hydrogen) atoms. The molecule has 0 aromatic heterocycles. The Hall–Kier alpha value is -1.91. The molecule has 1 N–H and O–H groups in total. The van der Waals surface area contributed by atoms with Gasteiger partial charge in [-0.25, -0.2) is 4.39 Å². The van der Waals surface area contributed by atoms with Crippen LogP contribution in [0.15, 0.2) is 24.3 Å². The molecule has 0 unspecified atom stereocenters. The number of likely N-dealkylation sites (tertiary alicyclic amines) is 1. The second kappa shape index (κ2) is 7.38. The third-order valence-electron chi connectivity index (χ3n) is 4.12. The van der Waals surface area contributed by atoms with Gasteiger partial charge in [-0.2, -0.15) is 0 Å². The number of hydrogen-bond donors (Lipinski definition) is 1. The monoisotopic (exact) mass is 306 g/mol. The molecule has 1 aliphatic rings. The van der Waals surface area contributed by atoms with Crippen LogP contribution in [0.1, 0.15) is 32.3 Å². The first-order chi connectivity index (χ1) is 10.5. The second-order valence-corrected chi connectivity index (χ2v) is 6.09. The molecule has 1 fully saturated rings. The lowest BCUT2D eigenvalue weighted by molar-refractivity contribution is -0.137. The summed E-state index contributed by atoms with van der Waals surface area (Å²) in [6, 6.07) is 5.45. The average Bonchev–Trinajstić information content (AvgIpc) is 2.48. The largest absolute Gasteiger partial charge is 0.344 e. The lowest BCUT2D eigenvalue weighted by Crippen LogP contribution is -2.51. The summed E-state index contributed by atoms with van der Waals surface area (Å²) in [7, 11) is 0. The molecule has 0 radical (unpaired) electrons. The number of nitrogens with one attached hydrogen (secondary N) is 1. The number of amides is 2. The van der Waals surface area contributed by atoms with Crippen molar-refractivity contribution in [3.05, 3.63) is 35.6 Å². The Bertz CT molecular complexity index is 522. The highest BCUT2D eigenvalue weighted by Gasteiger charge is 2.27. The SMILES string of the molecule is CC(=O)N[C@H](Cc1ccc(F)cc1)C(=O)N1CCC(C)CC1. The van der Waals surface area contributed by atoms with E-state index in [2.05, 4.69) is 12.2 Å². The van der Waals surface area contributed by atoms with Crippen LogP contribution >= 0.6 is 0 Å². The zero-order chi connectivity index (χ0) is 16.1. The molecule has 2 rings (SSSR count). The van der Waals surface area contributed by atoms with Crippen LogP contribution in [0.4, 0.5) is 4.39 Å². The summed E-state index contributed by atoms with van der Waals surface area (Å²) >= 11 is 0. The Labute approximate surface area is 130 Å². The number of rotatable bonds is 4. The van der Waals surface area contributed by atoms with Gasteiger partial charge in [0, 0.05) is 26.4 Å². The number of nitrogens with zero attached hydrogens (tertiary/aromatic N) is 1. The van der Waals surface area contributed by atoms with Crippen LogP contribution in [0.5, 0.6) is 0 Å².